The summed E-state index contributed by atoms with van der Waals surface area (Å²) in [4.78, 5) is 32.1. The van der Waals surface area contributed by atoms with Crippen molar-refractivity contribution in [3.8, 4) is 0 Å². The van der Waals surface area contributed by atoms with Gasteiger partial charge in [-0.25, -0.2) is 4.98 Å². The highest BCUT2D eigenvalue weighted by Gasteiger charge is 2.27. The Morgan fingerprint density at radius 1 is 1.11 bits per heavy atom. The number of hydrogen-bond donors (Lipinski definition) is 1. The van der Waals surface area contributed by atoms with Crippen LogP contribution in [0.15, 0.2) is 48.7 Å². The van der Waals surface area contributed by atoms with Gasteiger partial charge in [-0.05, 0) is 55.2 Å². The van der Waals surface area contributed by atoms with Crippen LogP contribution < -0.4 is 5.32 Å². The van der Waals surface area contributed by atoms with Gasteiger partial charge in [-0.2, -0.15) is 0 Å². The number of imidazole rings is 1. The van der Waals surface area contributed by atoms with E-state index < -0.39 is 0 Å². The Kier molecular flexibility index (Phi) is 5.05. The minimum atomic E-state index is -0.364. The highest BCUT2D eigenvalue weighted by Crippen LogP contribution is 2.21. The first-order valence-corrected chi connectivity index (χ1v) is 9.74. The molecular formula is C21H21ClN4O2. The number of likely N-dealkylation sites (tertiary alicyclic amines) is 1. The van der Waals surface area contributed by atoms with Crippen molar-refractivity contribution < 1.29 is 9.59 Å². The fourth-order valence-corrected chi connectivity index (χ4v) is 3.56. The molecule has 7 heteroatoms. The van der Waals surface area contributed by atoms with Crippen molar-refractivity contribution in [3.05, 3.63) is 65.2 Å². The molecule has 1 aliphatic heterocycles. The average Bonchev–Trinajstić information content (AvgIpc) is 3.10. The van der Waals surface area contributed by atoms with E-state index >= 15 is 0 Å². The van der Waals surface area contributed by atoms with Crippen LogP contribution in [-0.2, 0) is 0 Å². The summed E-state index contributed by atoms with van der Waals surface area (Å²) in [5, 5.41) is 3.41. The normalized spacial score (nSPS) is 15.0. The lowest BCUT2D eigenvalue weighted by Crippen LogP contribution is -2.38. The van der Waals surface area contributed by atoms with Gasteiger partial charge in [-0.15, -0.1) is 0 Å². The van der Waals surface area contributed by atoms with Crippen molar-refractivity contribution in [2.75, 3.05) is 18.4 Å². The number of aromatic nitrogens is 2. The summed E-state index contributed by atoms with van der Waals surface area (Å²) in [5.41, 5.74) is 1.44. The molecule has 3 aromatic rings. The third-order valence-corrected chi connectivity index (χ3v) is 5.38. The number of carbonyl (C=O) groups is 2. The molecule has 0 atom stereocenters. The Hall–Kier alpha value is -2.86. The largest absolute Gasteiger partial charge is 0.336 e. The molecule has 0 unspecified atom stereocenters. The second-order valence-electron chi connectivity index (χ2n) is 7.18. The van der Waals surface area contributed by atoms with Crippen LogP contribution in [0.5, 0.6) is 0 Å². The first kappa shape index (κ1) is 18.5. The Morgan fingerprint density at radius 3 is 2.54 bits per heavy atom. The number of halogens is 1. The third-order valence-electron chi connectivity index (χ3n) is 5.13. The molecule has 0 saturated carbocycles. The Labute approximate surface area is 168 Å². The zero-order valence-electron chi connectivity index (χ0n) is 15.6. The highest BCUT2D eigenvalue weighted by atomic mass is 35.5. The molecule has 144 valence electrons. The number of rotatable bonds is 3. The number of carbonyl (C=O) groups excluding carboxylic acids is 2. The maximum absolute atomic E-state index is 13.0. The molecule has 1 N–H and O–H groups in total. The van der Waals surface area contributed by atoms with Gasteiger partial charge in [0.1, 0.15) is 0 Å². The summed E-state index contributed by atoms with van der Waals surface area (Å²) in [6.07, 6.45) is 3.74. The standard InChI is InChI=1S/C21H21ClN4O2/c1-14-9-12-25(13-10-14)21(28)19-24-18(17-4-2-3-11-26(17)19)20(27)23-16-7-5-15(22)6-8-16/h2-8,11,14H,9-10,12-13H2,1H3,(H,23,27). The summed E-state index contributed by atoms with van der Waals surface area (Å²) in [6.45, 7) is 3.63. The fourth-order valence-electron chi connectivity index (χ4n) is 3.43. The first-order valence-electron chi connectivity index (χ1n) is 9.36. The molecule has 6 nitrogen and oxygen atoms in total. The van der Waals surface area contributed by atoms with Crippen molar-refractivity contribution in [2.24, 2.45) is 5.92 Å². The Balaban J connectivity index is 1.65. The molecule has 0 spiro atoms. The summed E-state index contributed by atoms with van der Waals surface area (Å²) < 4.78 is 1.69. The number of benzene rings is 1. The van der Waals surface area contributed by atoms with E-state index in [-0.39, 0.29) is 23.3 Å². The number of nitrogens with one attached hydrogen (secondary N) is 1. The molecule has 28 heavy (non-hydrogen) atoms. The van der Waals surface area contributed by atoms with E-state index in [0.717, 1.165) is 12.8 Å². The Bertz CT molecular complexity index is 1020. The van der Waals surface area contributed by atoms with Crippen molar-refractivity contribution in [3.63, 3.8) is 0 Å². The van der Waals surface area contributed by atoms with Crippen LogP contribution in [0.1, 0.15) is 40.9 Å². The second-order valence-corrected chi connectivity index (χ2v) is 7.61. The van der Waals surface area contributed by atoms with E-state index in [1.165, 1.54) is 0 Å². The molecule has 1 fully saturated rings. The molecule has 2 aromatic heterocycles. The number of hydrogen-bond acceptors (Lipinski definition) is 3. The number of piperidine rings is 1. The van der Waals surface area contributed by atoms with Gasteiger partial charge < -0.3 is 10.2 Å². The molecule has 1 aromatic carbocycles. The van der Waals surface area contributed by atoms with Gasteiger partial charge in [-0.1, -0.05) is 24.6 Å². The number of nitrogens with zero attached hydrogens (tertiary/aromatic N) is 3. The van der Waals surface area contributed by atoms with Crippen molar-refractivity contribution in [1.29, 1.82) is 0 Å². The van der Waals surface area contributed by atoms with Crippen LogP contribution in [0.3, 0.4) is 0 Å². The van der Waals surface area contributed by atoms with Gasteiger partial charge in [0.15, 0.2) is 5.69 Å². The molecule has 1 saturated heterocycles. The van der Waals surface area contributed by atoms with Crippen LogP contribution in [0.25, 0.3) is 5.52 Å². The van der Waals surface area contributed by atoms with E-state index in [1.807, 2.05) is 17.0 Å². The molecular weight excluding hydrogens is 376 g/mol. The van der Waals surface area contributed by atoms with Crippen molar-refractivity contribution >= 4 is 34.6 Å². The minimum Gasteiger partial charge on any atom is -0.336 e. The zero-order valence-corrected chi connectivity index (χ0v) is 16.3. The minimum absolute atomic E-state index is 0.140. The smallest absolute Gasteiger partial charge is 0.290 e. The molecule has 4 rings (SSSR count). The summed E-state index contributed by atoms with van der Waals surface area (Å²) in [5.74, 6) is 0.393. The van der Waals surface area contributed by atoms with Crippen LogP contribution in [-0.4, -0.2) is 39.2 Å². The number of anilines is 1. The number of amides is 2. The van der Waals surface area contributed by atoms with Gasteiger partial charge in [0, 0.05) is 30.0 Å². The SMILES string of the molecule is CC1CCN(C(=O)c2nc(C(=O)Nc3ccc(Cl)cc3)c3ccccn23)CC1. The molecule has 1 aliphatic rings. The summed E-state index contributed by atoms with van der Waals surface area (Å²) in [7, 11) is 0. The fraction of sp³-hybridized carbons (Fsp3) is 0.286. The van der Waals surface area contributed by atoms with E-state index in [0.29, 0.717) is 35.2 Å². The maximum atomic E-state index is 13.0. The van der Waals surface area contributed by atoms with E-state index in [9.17, 15) is 9.59 Å². The van der Waals surface area contributed by atoms with Crippen LogP contribution in [0.2, 0.25) is 5.02 Å². The van der Waals surface area contributed by atoms with Crippen molar-refractivity contribution in [2.45, 2.75) is 19.8 Å². The van der Waals surface area contributed by atoms with E-state index in [2.05, 4.69) is 17.2 Å². The monoisotopic (exact) mass is 396 g/mol. The van der Waals surface area contributed by atoms with Gasteiger partial charge in [0.25, 0.3) is 11.8 Å². The highest BCUT2D eigenvalue weighted by molar-refractivity contribution is 6.30. The third kappa shape index (κ3) is 3.60. The van der Waals surface area contributed by atoms with Crippen LogP contribution in [0, 0.1) is 5.92 Å². The predicted molar refractivity (Wildman–Crippen MR) is 109 cm³/mol. The zero-order chi connectivity index (χ0) is 19.7. The van der Waals surface area contributed by atoms with Gasteiger partial charge in [-0.3, -0.25) is 14.0 Å². The van der Waals surface area contributed by atoms with Crippen molar-refractivity contribution in [1.82, 2.24) is 14.3 Å². The molecule has 0 aliphatic carbocycles. The molecule has 0 radical (unpaired) electrons. The summed E-state index contributed by atoms with van der Waals surface area (Å²) >= 11 is 5.89. The average molecular weight is 397 g/mol. The van der Waals surface area contributed by atoms with E-state index in [4.69, 9.17) is 11.6 Å². The van der Waals surface area contributed by atoms with Gasteiger partial charge in [0.2, 0.25) is 5.82 Å². The van der Waals surface area contributed by atoms with E-state index in [1.54, 1.807) is 40.9 Å². The first-order chi connectivity index (χ1) is 13.5. The lowest BCUT2D eigenvalue weighted by Gasteiger charge is -2.29. The van der Waals surface area contributed by atoms with Gasteiger partial charge in [0.05, 0.1) is 5.52 Å². The maximum Gasteiger partial charge on any atom is 0.290 e. The number of fused-ring (bicyclic) bond motifs is 1. The van der Waals surface area contributed by atoms with Crippen LogP contribution >= 0.6 is 11.6 Å². The predicted octanol–water partition coefficient (Wildman–Crippen LogP) is 4.11. The van der Waals surface area contributed by atoms with Crippen LogP contribution in [0.4, 0.5) is 5.69 Å². The lowest BCUT2D eigenvalue weighted by molar-refractivity contribution is 0.0684. The molecule has 3 heterocycles. The topological polar surface area (TPSA) is 66.7 Å². The quantitative estimate of drug-likeness (QED) is 0.724. The molecule has 0 bridgehead atoms. The Morgan fingerprint density at radius 2 is 1.82 bits per heavy atom. The molecule has 2 amide bonds. The lowest BCUT2D eigenvalue weighted by atomic mass is 9.99. The second kappa shape index (κ2) is 7.64. The van der Waals surface area contributed by atoms with Gasteiger partial charge >= 0.3 is 0 Å². The number of pyridine rings is 1. The summed E-state index contributed by atoms with van der Waals surface area (Å²) in [6, 6.07) is 12.3.